The van der Waals surface area contributed by atoms with Gasteiger partial charge in [0.05, 0.1) is 22.6 Å². The van der Waals surface area contributed by atoms with Crippen LogP contribution < -0.4 is 4.74 Å². The molecular weight excluding hydrogens is 330 g/mol. The molecule has 0 aliphatic heterocycles. The zero-order valence-electron chi connectivity index (χ0n) is 10.4. The number of fused-ring (bicyclic) bond motifs is 1. The van der Waals surface area contributed by atoms with Crippen LogP contribution in [0.1, 0.15) is 0 Å². The fourth-order valence-electron chi connectivity index (χ4n) is 1.95. The van der Waals surface area contributed by atoms with Gasteiger partial charge in [-0.25, -0.2) is 13.8 Å². The van der Waals surface area contributed by atoms with Crippen molar-refractivity contribution in [3.63, 3.8) is 0 Å². The molecule has 1 heterocycles. The van der Waals surface area contributed by atoms with Crippen molar-refractivity contribution in [3.8, 4) is 17.1 Å². The van der Waals surface area contributed by atoms with Gasteiger partial charge in [-0.2, -0.15) is 0 Å². The van der Waals surface area contributed by atoms with Crippen LogP contribution in [0.15, 0.2) is 34.8 Å². The first kappa shape index (κ1) is 13.1. The van der Waals surface area contributed by atoms with E-state index in [9.17, 15) is 8.78 Å². The Morgan fingerprint density at radius 2 is 1.95 bits per heavy atom. The molecule has 6 heteroatoms. The van der Waals surface area contributed by atoms with Crippen LogP contribution in [0.5, 0.6) is 5.75 Å². The molecule has 0 unspecified atom stereocenters. The van der Waals surface area contributed by atoms with E-state index in [4.69, 9.17) is 4.74 Å². The number of methoxy groups -OCH3 is 1. The number of ether oxygens (including phenoxy) is 1. The van der Waals surface area contributed by atoms with Crippen molar-refractivity contribution in [1.82, 2.24) is 9.97 Å². The van der Waals surface area contributed by atoms with E-state index in [1.165, 1.54) is 19.2 Å². The summed E-state index contributed by atoms with van der Waals surface area (Å²) in [4.78, 5) is 7.36. The zero-order chi connectivity index (χ0) is 14.3. The number of H-pyrrole nitrogens is 1. The summed E-state index contributed by atoms with van der Waals surface area (Å²) in [5.41, 5.74) is 1.86. The molecule has 3 nitrogen and oxygen atoms in total. The summed E-state index contributed by atoms with van der Waals surface area (Å²) in [6.45, 7) is 0. The molecule has 0 radical (unpaired) electrons. The highest BCUT2D eigenvalue weighted by atomic mass is 79.9. The van der Waals surface area contributed by atoms with Gasteiger partial charge >= 0.3 is 0 Å². The van der Waals surface area contributed by atoms with E-state index in [0.29, 0.717) is 26.9 Å². The summed E-state index contributed by atoms with van der Waals surface area (Å²) in [7, 11) is 1.40. The van der Waals surface area contributed by atoms with Gasteiger partial charge in [-0.3, -0.25) is 0 Å². The smallest absolute Gasteiger partial charge is 0.165 e. The molecule has 2 aromatic carbocycles. The summed E-state index contributed by atoms with van der Waals surface area (Å²) in [5, 5.41) is 0. The second kappa shape index (κ2) is 4.86. The largest absolute Gasteiger partial charge is 0.494 e. The van der Waals surface area contributed by atoms with Gasteiger partial charge in [-0.15, -0.1) is 0 Å². The van der Waals surface area contributed by atoms with E-state index in [2.05, 4.69) is 25.9 Å². The Bertz CT molecular complexity index is 762. The fraction of sp³-hybridized carbons (Fsp3) is 0.0714. The number of benzene rings is 2. The summed E-state index contributed by atoms with van der Waals surface area (Å²) >= 11 is 3.12. The number of aromatic nitrogens is 2. The third-order valence-electron chi connectivity index (χ3n) is 2.95. The first-order valence-corrected chi connectivity index (χ1v) is 6.56. The Hall–Kier alpha value is -1.95. The third kappa shape index (κ3) is 2.16. The van der Waals surface area contributed by atoms with Crippen LogP contribution in [-0.4, -0.2) is 17.1 Å². The molecule has 0 amide bonds. The van der Waals surface area contributed by atoms with Gasteiger partial charge in [0.1, 0.15) is 11.6 Å². The number of imidazole rings is 1. The lowest BCUT2D eigenvalue weighted by Crippen LogP contribution is -1.89. The average molecular weight is 339 g/mol. The average Bonchev–Trinajstić information content (AvgIpc) is 2.82. The van der Waals surface area contributed by atoms with Crippen molar-refractivity contribution in [1.29, 1.82) is 0 Å². The molecule has 102 valence electrons. The van der Waals surface area contributed by atoms with E-state index in [-0.39, 0.29) is 11.6 Å². The Labute approximate surface area is 121 Å². The zero-order valence-corrected chi connectivity index (χ0v) is 12.0. The SMILES string of the molecule is COc1cc(-c2nc3cc(Br)c(F)cc3[nH]2)ccc1F. The Balaban J connectivity index is 2.14. The van der Waals surface area contributed by atoms with Crippen LogP contribution in [0.4, 0.5) is 8.78 Å². The quantitative estimate of drug-likeness (QED) is 0.757. The maximum absolute atomic E-state index is 13.5. The number of aromatic amines is 1. The first-order valence-electron chi connectivity index (χ1n) is 5.77. The van der Waals surface area contributed by atoms with Gasteiger partial charge in [0.2, 0.25) is 0 Å². The van der Waals surface area contributed by atoms with Crippen molar-refractivity contribution in [3.05, 3.63) is 46.4 Å². The number of hydrogen-bond acceptors (Lipinski definition) is 2. The topological polar surface area (TPSA) is 37.9 Å². The van der Waals surface area contributed by atoms with Crippen molar-refractivity contribution in [2.75, 3.05) is 7.11 Å². The van der Waals surface area contributed by atoms with E-state index in [1.54, 1.807) is 18.2 Å². The highest BCUT2D eigenvalue weighted by Gasteiger charge is 2.11. The monoisotopic (exact) mass is 338 g/mol. The fourth-order valence-corrected chi connectivity index (χ4v) is 2.28. The predicted molar refractivity (Wildman–Crippen MR) is 75.7 cm³/mol. The molecule has 3 rings (SSSR count). The van der Waals surface area contributed by atoms with Gasteiger partial charge in [-0.05, 0) is 40.2 Å². The Kier molecular flexibility index (Phi) is 3.17. The molecule has 0 saturated carbocycles. The molecule has 0 bridgehead atoms. The molecule has 0 aliphatic rings. The maximum Gasteiger partial charge on any atom is 0.165 e. The van der Waals surface area contributed by atoms with Crippen LogP contribution >= 0.6 is 15.9 Å². The van der Waals surface area contributed by atoms with Crippen LogP contribution in [0, 0.1) is 11.6 Å². The van der Waals surface area contributed by atoms with E-state index >= 15 is 0 Å². The molecule has 0 fully saturated rings. The third-order valence-corrected chi connectivity index (χ3v) is 3.56. The Morgan fingerprint density at radius 3 is 2.70 bits per heavy atom. The number of halogens is 3. The van der Waals surface area contributed by atoms with Crippen LogP contribution in [0.3, 0.4) is 0 Å². The number of nitrogens with zero attached hydrogens (tertiary/aromatic N) is 1. The van der Waals surface area contributed by atoms with E-state index in [0.717, 1.165) is 0 Å². The molecule has 0 spiro atoms. The van der Waals surface area contributed by atoms with Crippen molar-refractivity contribution < 1.29 is 13.5 Å². The van der Waals surface area contributed by atoms with E-state index < -0.39 is 5.82 Å². The lowest BCUT2D eigenvalue weighted by atomic mass is 10.2. The molecular formula is C14H9BrF2N2O. The number of rotatable bonds is 2. The number of hydrogen-bond donors (Lipinski definition) is 1. The van der Waals surface area contributed by atoms with Crippen molar-refractivity contribution in [2.24, 2.45) is 0 Å². The minimum Gasteiger partial charge on any atom is -0.494 e. The van der Waals surface area contributed by atoms with Crippen molar-refractivity contribution in [2.45, 2.75) is 0 Å². The maximum atomic E-state index is 13.5. The lowest BCUT2D eigenvalue weighted by Gasteiger charge is -2.03. The van der Waals surface area contributed by atoms with Crippen LogP contribution in [0.25, 0.3) is 22.4 Å². The molecule has 0 atom stereocenters. The second-order valence-electron chi connectivity index (χ2n) is 4.22. The minimum absolute atomic E-state index is 0.135. The normalized spacial score (nSPS) is 11.0. The molecule has 1 N–H and O–H groups in total. The molecule has 1 aromatic heterocycles. The van der Waals surface area contributed by atoms with E-state index in [1.807, 2.05) is 0 Å². The van der Waals surface area contributed by atoms with Gasteiger partial charge < -0.3 is 9.72 Å². The first-order chi connectivity index (χ1) is 9.58. The molecule has 3 aromatic rings. The predicted octanol–water partition coefficient (Wildman–Crippen LogP) is 4.28. The summed E-state index contributed by atoms with van der Waals surface area (Å²) in [6.07, 6.45) is 0. The van der Waals surface area contributed by atoms with Crippen LogP contribution in [-0.2, 0) is 0 Å². The highest BCUT2D eigenvalue weighted by molar-refractivity contribution is 9.10. The molecule has 0 aliphatic carbocycles. The number of nitrogens with one attached hydrogen (secondary N) is 1. The Morgan fingerprint density at radius 1 is 1.15 bits per heavy atom. The van der Waals surface area contributed by atoms with Gasteiger partial charge in [0.25, 0.3) is 0 Å². The summed E-state index contributed by atoms with van der Waals surface area (Å²) in [6, 6.07) is 7.37. The molecule has 20 heavy (non-hydrogen) atoms. The van der Waals surface area contributed by atoms with Gasteiger partial charge in [0.15, 0.2) is 11.6 Å². The summed E-state index contributed by atoms with van der Waals surface area (Å²) in [5.74, 6) is -0.156. The minimum atomic E-state index is -0.443. The van der Waals surface area contributed by atoms with Crippen molar-refractivity contribution >= 4 is 27.0 Å². The standard InChI is InChI=1S/C14H9BrF2N2O/c1-20-13-4-7(2-3-9(13)16)14-18-11-5-8(15)10(17)6-12(11)19-14/h2-6H,1H3,(H,18,19). The lowest BCUT2D eigenvalue weighted by molar-refractivity contribution is 0.387. The second-order valence-corrected chi connectivity index (χ2v) is 5.07. The van der Waals surface area contributed by atoms with Gasteiger partial charge in [-0.1, -0.05) is 0 Å². The summed E-state index contributed by atoms with van der Waals surface area (Å²) < 4.78 is 32.1. The highest BCUT2D eigenvalue weighted by Crippen LogP contribution is 2.28. The van der Waals surface area contributed by atoms with Gasteiger partial charge in [0, 0.05) is 11.6 Å². The molecule has 0 saturated heterocycles. The van der Waals surface area contributed by atoms with Crippen LogP contribution in [0.2, 0.25) is 0 Å².